The van der Waals surface area contributed by atoms with E-state index >= 15 is 0 Å². The van der Waals surface area contributed by atoms with Crippen molar-refractivity contribution in [3.63, 3.8) is 0 Å². The van der Waals surface area contributed by atoms with E-state index in [1.165, 1.54) is 18.2 Å². The van der Waals surface area contributed by atoms with Gasteiger partial charge in [0.1, 0.15) is 17.1 Å². The number of benzene rings is 2. The molecule has 14 heteroatoms. The smallest absolute Gasteiger partial charge is 0.435 e. The second-order valence-corrected chi connectivity index (χ2v) is 8.84. The Morgan fingerprint density at radius 2 is 1.79 bits per heavy atom. The second kappa shape index (κ2) is 12.2. The zero-order chi connectivity index (χ0) is 28.0. The lowest BCUT2D eigenvalue weighted by Gasteiger charge is -2.19. The number of hydrogen-bond donors (Lipinski definition) is 4. The predicted octanol–water partition coefficient (Wildman–Crippen LogP) is 6.36. The number of amides is 3. The third-order valence-corrected chi connectivity index (χ3v) is 5.79. The number of aryl methyl sites for hydroxylation is 2. The normalized spacial score (nSPS) is 11.9. The molecule has 3 amide bonds. The number of alkyl halides is 3. The molecule has 0 aliphatic carbocycles. The summed E-state index contributed by atoms with van der Waals surface area (Å²) in [5.41, 5.74) is 5.33. The van der Waals surface area contributed by atoms with Gasteiger partial charge in [-0.15, -0.1) is 0 Å². The Morgan fingerprint density at radius 3 is 2.45 bits per heavy atom. The van der Waals surface area contributed by atoms with Crippen LogP contribution < -0.4 is 26.2 Å². The van der Waals surface area contributed by atoms with E-state index < -0.39 is 40.8 Å². The van der Waals surface area contributed by atoms with Crippen LogP contribution in [0.1, 0.15) is 30.2 Å². The number of nitrogens with one attached hydrogen (secondary N) is 4. The molecule has 1 atom stereocenters. The van der Waals surface area contributed by atoms with E-state index in [1.54, 1.807) is 6.07 Å². The number of anilines is 3. The minimum atomic E-state index is -4.81. The number of carbonyl (C=O) groups is 2. The van der Waals surface area contributed by atoms with Crippen molar-refractivity contribution < 1.29 is 27.5 Å². The van der Waals surface area contributed by atoms with Gasteiger partial charge in [-0.1, -0.05) is 47.8 Å². The molecular formula is C24H23Cl2F3N6O3. The summed E-state index contributed by atoms with van der Waals surface area (Å²) in [4.78, 5) is 31.8. The fourth-order valence-corrected chi connectivity index (χ4v) is 3.67. The molecule has 0 saturated carbocycles. The lowest BCUT2D eigenvalue weighted by atomic mass is 10.1. The van der Waals surface area contributed by atoms with Crippen molar-refractivity contribution >= 4 is 52.3 Å². The first-order valence-corrected chi connectivity index (χ1v) is 11.9. The Bertz CT molecular complexity index is 1340. The van der Waals surface area contributed by atoms with E-state index in [0.29, 0.717) is 24.2 Å². The van der Waals surface area contributed by atoms with Crippen molar-refractivity contribution in [3.8, 4) is 5.75 Å². The number of ether oxygens (including phenoxy) is 1. The number of aromatic nitrogens is 2. The summed E-state index contributed by atoms with van der Waals surface area (Å²) in [5, 5.41) is 4.45. The van der Waals surface area contributed by atoms with Crippen LogP contribution in [-0.2, 0) is 11.0 Å². The lowest BCUT2D eigenvalue weighted by Crippen LogP contribution is -2.34. The van der Waals surface area contributed by atoms with Crippen molar-refractivity contribution in [2.75, 3.05) is 16.1 Å². The molecule has 0 radical (unpaired) electrons. The maximum absolute atomic E-state index is 12.9. The highest BCUT2D eigenvalue weighted by Gasteiger charge is 2.36. The van der Waals surface area contributed by atoms with Crippen molar-refractivity contribution in [2.24, 2.45) is 0 Å². The van der Waals surface area contributed by atoms with Crippen LogP contribution in [0.15, 0.2) is 42.7 Å². The number of nitrogens with zero attached hydrogens (tertiary/aromatic N) is 2. The van der Waals surface area contributed by atoms with Gasteiger partial charge in [0.05, 0.1) is 10.7 Å². The molecule has 1 heterocycles. The molecule has 1 unspecified atom stereocenters. The van der Waals surface area contributed by atoms with Gasteiger partial charge in [0.15, 0.2) is 17.6 Å². The molecule has 0 aliphatic rings. The fourth-order valence-electron chi connectivity index (χ4n) is 3.25. The molecule has 38 heavy (non-hydrogen) atoms. The molecule has 0 bridgehead atoms. The highest BCUT2D eigenvalue weighted by Crippen LogP contribution is 2.35. The van der Waals surface area contributed by atoms with Crippen molar-refractivity contribution in [2.45, 2.75) is 39.5 Å². The molecule has 4 N–H and O–H groups in total. The minimum Gasteiger partial charge on any atom is -0.480 e. The van der Waals surface area contributed by atoms with E-state index in [4.69, 9.17) is 27.9 Å². The molecule has 0 saturated heterocycles. The Balaban J connectivity index is 1.64. The van der Waals surface area contributed by atoms with E-state index in [1.807, 2.05) is 32.9 Å². The summed E-state index contributed by atoms with van der Waals surface area (Å²) in [6.07, 6.45) is -4.55. The summed E-state index contributed by atoms with van der Waals surface area (Å²) in [6, 6.07) is 9.12. The maximum atomic E-state index is 12.9. The van der Waals surface area contributed by atoms with Gasteiger partial charge in [0.2, 0.25) is 0 Å². The molecule has 0 aliphatic heterocycles. The Labute approximate surface area is 226 Å². The van der Waals surface area contributed by atoms with Crippen molar-refractivity contribution in [3.05, 3.63) is 69.6 Å². The summed E-state index contributed by atoms with van der Waals surface area (Å²) in [5.74, 6) is -0.289. The monoisotopic (exact) mass is 570 g/mol. The number of halogens is 5. The first kappa shape index (κ1) is 28.8. The van der Waals surface area contributed by atoms with Gasteiger partial charge in [-0.2, -0.15) is 13.2 Å². The van der Waals surface area contributed by atoms with Gasteiger partial charge in [0, 0.05) is 5.69 Å². The Morgan fingerprint density at radius 1 is 1.05 bits per heavy atom. The number of hydrogen-bond acceptors (Lipinski definition) is 6. The second-order valence-electron chi connectivity index (χ2n) is 8.05. The van der Waals surface area contributed by atoms with Crippen LogP contribution in [0, 0.1) is 13.8 Å². The number of rotatable bonds is 8. The van der Waals surface area contributed by atoms with Gasteiger partial charge < -0.3 is 15.4 Å². The maximum Gasteiger partial charge on any atom is 0.435 e. The van der Waals surface area contributed by atoms with Crippen LogP contribution in [0.4, 0.5) is 35.2 Å². The van der Waals surface area contributed by atoms with Gasteiger partial charge >= 0.3 is 12.2 Å². The molecule has 2 aromatic carbocycles. The average Bonchev–Trinajstić information content (AvgIpc) is 2.84. The molecule has 3 rings (SSSR count). The Hall–Kier alpha value is -3.77. The van der Waals surface area contributed by atoms with Gasteiger partial charge in [-0.05, 0) is 50.1 Å². The molecule has 1 aromatic heterocycles. The van der Waals surface area contributed by atoms with E-state index in [0.717, 1.165) is 11.1 Å². The van der Waals surface area contributed by atoms with Crippen molar-refractivity contribution in [1.29, 1.82) is 0 Å². The molecular weight excluding hydrogens is 548 g/mol. The first-order chi connectivity index (χ1) is 17.9. The highest BCUT2D eigenvalue weighted by atomic mass is 35.5. The van der Waals surface area contributed by atoms with E-state index in [9.17, 15) is 22.8 Å². The topological polar surface area (TPSA) is 117 Å². The average molecular weight is 571 g/mol. The first-order valence-electron chi connectivity index (χ1n) is 11.1. The van der Waals surface area contributed by atoms with Gasteiger partial charge in [-0.3, -0.25) is 10.2 Å². The molecule has 9 nitrogen and oxygen atoms in total. The Kier molecular flexibility index (Phi) is 9.23. The largest absolute Gasteiger partial charge is 0.480 e. The number of carbonyl (C=O) groups excluding carboxylic acids is 2. The third-order valence-electron chi connectivity index (χ3n) is 5.10. The van der Waals surface area contributed by atoms with E-state index in [2.05, 4.69) is 31.5 Å². The van der Waals surface area contributed by atoms with Crippen LogP contribution in [0.5, 0.6) is 5.75 Å². The molecule has 0 fully saturated rings. The van der Waals surface area contributed by atoms with Crippen LogP contribution >= 0.6 is 23.2 Å². The van der Waals surface area contributed by atoms with Crippen LogP contribution in [0.3, 0.4) is 0 Å². The van der Waals surface area contributed by atoms with E-state index in [-0.39, 0.29) is 10.7 Å². The number of urea groups is 1. The summed E-state index contributed by atoms with van der Waals surface area (Å²) in [7, 11) is 0. The quantitative estimate of drug-likeness (QED) is 0.234. The lowest BCUT2D eigenvalue weighted by molar-refractivity contribution is -0.141. The standard InChI is InChI=1S/C24H23Cl2F3N6O3/c1-4-17(38-18-8-5-12(2)9-13(18)3)22(36)32-14-6-7-15(25)16(10-14)33-23(37)35-34-21-19(26)20(24(27,28)29)30-11-31-21/h5-11,17H,4H2,1-3H3,(H,32,36)(H,30,31,34)(H2,33,35,37). The minimum absolute atomic E-state index is 0.108. The van der Waals surface area contributed by atoms with Crippen LogP contribution in [0.25, 0.3) is 0 Å². The van der Waals surface area contributed by atoms with Gasteiger partial charge in [0.25, 0.3) is 5.91 Å². The summed E-state index contributed by atoms with van der Waals surface area (Å²) >= 11 is 11.8. The SMILES string of the molecule is CCC(Oc1ccc(C)cc1C)C(=O)Nc1ccc(Cl)c(NC(=O)NNc2ncnc(C(F)(F)F)c2Cl)c1. The van der Waals surface area contributed by atoms with Gasteiger partial charge in [-0.25, -0.2) is 20.2 Å². The zero-order valence-corrected chi connectivity index (χ0v) is 21.8. The molecule has 0 spiro atoms. The molecule has 3 aromatic rings. The van der Waals surface area contributed by atoms with Crippen molar-refractivity contribution in [1.82, 2.24) is 15.4 Å². The fraction of sp³-hybridized carbons (Fsp3) is 0.250. The predicted molar refractivity (Wildman–Crippen MR) is 139 cm³/mol. The molecule has 202 valence electrons. The zero-order valence-electron chi connectivity index (χ0n) is 20.3. The third kappa shape index (κ3) is 7.39. The summed E-state index contributed by atoms with van der Waals surface area (Å²) in [6.45, 7) is 5.65. The number of hydrazine groups is 1. The summed E-state index contributed by atoms with van der Waals surface area (Å²) < 4.78 is 44.7. The van der Waals surface area contributed by atoms with Crippen LogP contribution in [0.2, 0.25) is 10.0 Å². The van der Waals surface area contributed by atoms with Crippen LogP contribution in [-0.4, -0.2) is 28.0 Å². The highest BCUT2D eigenvalue weighted by molar-refractivity contribution is 6.34.